The zero-order chi connectivity index (χ0) is 28.9. The topological polar surface area (TPSA) is 270 Å². The zero-order valence-corrected chi connectivity index (χ0v) is 21.2. The molecule has 0 bridgehead atoms. The van der Waals surface area contributed by atoms with Crippen LogP contribution >= 0.6 is 0 Å². The molecule has 15 heteroatoms. The lowest BCUT2D eigenvalue weighted by atomic mass is 10.0. The van der Waals surface area contributed by atoms with Gasteiger partial charge < -0.3 is 41.7 Å². The summed E-state index contributed by atoms with van der Waals surface area (Å²) in [4.78, 5) is 67.0. The van der Waals surface area contributed by atoms with Crippen LogP contribution in [0.4, 0.5) is 0 Å². The molecule has 0 fully saturated rings. The normalized spacial score (nSPS) is 13.9. The molecule has 0 saturated heterocycles. The molecule has 2 rings (SSSR count). The summed E-state index contributed by atoms with van der Waals surface area (Å²) >= 11 is 0. The van der Waals surface area contributed by atoms with Crippen molar-refractivity contribution < 1.29 is 39.2 Å². The van der Waals surface area contributed by atoms with Gasteiger partial charge in [-0.25, -0.2) is 0 Å². The molecular formula is C24H35N8O7+. The highest BCUT2D eigenvalue weighted by atomic mass is 16.4. The summed E-state index contributed by atoms with van der Waals surface area (Å²) in [6.07, 6.45) is 1.73. The van der Waals surface area contributed by atoms with Gasteiger partial charge >= 0.3 is 11.9 Å². The van der Waals surface area contributed by atoms with Gasteiger partial charge in [-0.05, 0) is 24.5 Å². The number of nitrogens with two attached hydrogens (primary N) is 3. The van der Waals surface area contributed by atoms with Crippen LogP contribution in [0.25, 0.3) is 10.9 Å². The molecule has 1 aromatic carbocycles. The molecule has 1 aromatic heterocycles. The Morgan fingerprint density at radius 1 is 1.03 bits per heavy atom. The Bertz CT molecular complexity index is 1190. The van der Waals surface area contributed by atoms with Gasteiger partial charge in [0.05, 0.1) is 25.6 Å². The van der Waals surface area contributed by atoms with Crippen molar-refractivity contribution in [2.45, 2.75) is 49.9 Å². The molecule has 0 aliphatic heterocycles. The third-order valence-electron chi connectivity index (χ3n) is 5.78. The average Bonchev–Trinajstić information content (AvgIpc) is 3.31. The number of para-hydroxylation sites is 1. The van der Waals surface area contributed by atoms with Gasteiger partial charge in [0, 0.05) is 23.5 Å². The van der Waals surface area contributed by atoms with Gasteiger partial charge in [0.15, 0.2) is 0 Å². The second kappa shape index (κ2) is 15.0. The number of hydrogen-bond acceptors (Lipinski definition) is 7. The summed E-state index contributed by atoms with van der Waals surface area (Å²) in [7, 11) is 0. The van der Waals surface area contributed by atoms with Crippen LogP contribution in [-0.4, -0.2) is 88.5 Å². The Labute approximate surface area is 223 Å². The first-order valence-electron chi connectivity index (χ1n) is 12.2. The number of rotatable bonds is 16. The molecule has 13 N–H and O–H groups in total. The zero-order valence-electron chi connectivity index (χ0n) is 21.2. The predicted molar refractivity (Wildman–Crippen MR) is 140 cm³/mol. The number of aliphatic carboxylic acids is 1. The van der Waals surface area contributed by atoms with Crippen molar-refractivity contribution in [2.24, 2.45) is 17.2 Å². The van der Waals surface area contributed by atoms with Crippen LogP contribution < -0.4 is 38.1 Å². The summed E-state index contributed by atoms with van der Waals surface area (Å²) in [5.41, 5.74) is 17.8. The molecule has 39 heavy (non-hydrogen) atoms. The van der Waals surface area contributed by atoms with Crippen molar-refractivity contribution in [2.75, 3.05) is 13.2 Å². The van der Waals surface area contributed by atoms with Crippen molar-refractivity contribution in [3.8, 4) is 0 Å². The minimum atomic E-state index is -1.32. The van der Waals surface area contributed by atoms with E-state index in [1.807, 2.05) is 18.2 Å². The Balaban J connectivity index is 2.30. The number of amides is 3. The standard InChI is InChI=1S/C24H34N8O7/c25-16(12-34)21(37)31-18(6-3-7-28-24(26)27)22(38)32-19(23(39)30-14(11-33)9-20(35)36)8-13-10-29-17-5-2-1-4-15(13)17/h1-2,4-5,10-11,14,16,18-19,29,34H,3,6-9,12,25H2,(H,30,39)(H,31,37)(H,32,38)(H,35,36)(H4,26,27,28)/p+1/t14-,16-,18-,19-/m0/s1. The first kappa shape index (κ1) is 30.7. The van der Waals surface area contributed by atoms with E-state index in [2.05, 4.69) is 25.9 Å². The number of aromatic amines is 1. The van der Waals surface area contributed by atoms with Crippen LogP contribution in [0.15, 0.2) is 30.5 Å². The lowest BCUT2D eigenvalue weighted by Crippen LogP contribution is -2.78. The summed E-state index contributed by atoms with van der Waals surface area (Å²) in [6, 6.07) is 2.28. The number of H-pyrrole nitrogens is 1. The van der Waals surface area contributed by atoms with E-state index in [4.69, 9.17) is 22.3 Å². The fourth-order valence-corrected chi connectivity index (χ4v) is 3.78. The Morgan fingerprint density at radius 2 is 1.69 bits per heavy atom. The van der Waals surface area contributed by atoms with E-state index in [0.717, 1.165) is 10.9 Å². The number of nitrogens with one attached hydrogen (secondary N) is 5. The van der Waals surface area contributed by atoms with Gasteiger partial charge in [-0.1, -0.05) is 18.2 Å². The van der Waals surface area contributed by atoms with Gasteiger partial charge in [0.2, 0.25) is 17.7 Å². The van der Waals surface area contributed by atoms with Crippen LogP contribution in [-0.2, 0) is 30.4 Å². The minimum Gasteiger partial charge on any atom is -0.481 e. The van der Waals surface area contributed by atoms with Gasteiger partial charge in [-0.3, -0.25) is 35.6 Å². The first-order valence-corrected chi connectivity index (χ1v) is 12.2. The average molecular weight is 548 g/mol. The SMILES string of the molecule is NC(N)=[NH+]CCC[C@H](NC(=O)[C@@H](N)CO)C(=O)N[C@@H](Cc1c[nH]c2ccccc12)C(=O)N[C@H](C=O)CC(=O)O. The van der Waals surface area contributed by atoms with Gasteiger partial charge in [0.25, 0.3) is 0 Å². The largest absolute Gasteiger partial charge is 0.481 e. The fraction of sp³-hybridized carbons (Fsp3) is 0.417. The van der Waals surface area contributed by atoms with E-state index in [0.29, 0.717) is 18.3 Å². The quantitative estimate of drug-likeness (QED) is 0.0415. The lowest BCUT2D eigenvalue weighted by Gasteiger charge is -2.24. The van der Waals surface area contributed by atoms with E-state index in [1.165, 1.54) is 0 Å². The second-order valence-electron chi connectivity index (χ2n) is 8.85. The van der Waals surface area contributed by atoms with Crippen molar-refractivity contribution >= 4 is 46.8 Å². The maximum atomic E-state index is 13.3. The molecule has 1 heterocycles. The van der Waals surface area contributed by atoms with Crippen LogP contribution in [0.5, 0.6) is 0 Å². The fourth-order valence-electron chi connectivity index (χ4n) is 3.78. The number of aliphatic hydroxyl groups excluding tert-OH is 1. The summed E-state index contributed by atoms with van der Waals surface area (Å²) in [5, 5.41) is 26.4. The van der Waals surface area contributed by atoms with E-state index >= 15 is 0 Å². The van der Waals surface area contributed by atoms with E-state index in [-0.39, 0.29) is 25.3 Å². The molecular weight excluding hydrogens is 512 g/mol. The maximum absolute atomic E-state index is 13.3. The number of aromatic nitrogens is 1. The molecule has 15 nitrogen and oxygen atoms in total. The molecule has 4 atom stereocenters. The smallest absolute Gasteiger partial charge is 0.338 e. The number of carbonyl (C=O) groups excluding carboxylic acids is 4. The Morgan fingerprint density at radius 3 is 2.33 bits per heavy atom. The van der Waals surface area contributed by atoms with Crippen molar-refractivity contribution in [1.82, 2.24) is 20.9 Å². The van der Waals surface area contributed by atoms with Crippen LogP contribution in [0, 0.1) is 0 Å². The highest BCUT2D eigenvalue weighted by molar-refractivity contribution is 5.94. The number of carboxylic acids is 1. The highest BCUT2D eigenvalue weighted by Gasteiger charge is 2.30. The van der Waals surface area contributed by atoms with Crippen LogP contribution in [0.1, 0.15) is 24.8 Å². The molecule has 3 amide bonds. The minimum absolute atomic E-state index is 0.0166. The molecule has 0 spiro atoms. The van der Waals surface area contributed by atoms with Gasteiger partial charge in [-0.2, -0.15) is 0 Å². The Kier molecular flexibility index (Phi) is 11.8. The van der Waals surface area contributed by atoms with Crippen molar-refractivity contribution in [3.63, 3.8) is 0 Å². The third kappa shape index (κ3) is 9.71. The maximum Gasteiger partial charge on any atom is 0.338 e. The summed E-state index contributed by atoms with van der Waals surface area (Å²) in [6.45, 7) is -0.369. The van der Waals surface area contributed by atoms with Crippen LogP contribution in [0.2, 0.25) is 0 Å². The molecule has 0 radical (unpaired) electrons. The van der Waals surface area contributed by atoms with Crippen molar-refractivity contribution in [3.05, 3.63) is 36.0 Å². The number of aldehydes is 1. The highest BCUT2D eigenvalue weighted by Crippen LogP contribution is 2.19. The lowest BCUT2D eigenvalue weighted by molar-refractivity contribution is -0.459. The summed E-state index contributed by atoms with van der Waals surface area (Å²) < 4.78 is 0. The van der Waals surface area contributed by atoms with Crippen LogP contribution in [0.3, 0.4) is 0 Å². The number of carboxylic acid groups (broad SMARTS) is 1. The van der Waals surface area contributed by atoms with E-state index < -0.39 is 60.9 Å². The summed E-state index contributed by atoms with van der Waals surface area (Å²) in [5.74, 6) is -3.63. The third-order valence-corrected chi connectivity index (χ3v) is 5.78. The first-order chi connectivity index (χ1) is 18.5. The monoisotopic (exact) mass is 547 g/mol. The number of carbonyl (C=O) groups is 5. The molecule has 2 aromatic rings. The van der Waals surface area contributed by atoms with Gasteiger partial charge in [-0.15, -0.1) is 0 Å². The van der Waals surface area contributed by atoms with Crippen molar-refractivity contribution in [1.29, 1.82) is 0 Å². The number of hydrogen-bond donors (Lipinski definition) is 10. The van der Waals surface area contributed by atoms with E-state index in [1.54, 1.807) is 12.3 Å². The number of aliphatic hydroxyl groups is 1. The number of fused-ring (bicyclic) bond motifs is 1. The van der Waals surface area contributed by atoms with E-state index in [9.17, 15) is 29.1 Å². The second-order valence-corrected chi connectivity index (χ2v) is 8.85. The number of benzene rings is 1. The predicted octanol–water partition coefficient (Wildman–Crippen LogP) is -4.71. The Hall–Kier alpha value is -4.50. The van der Waals surface area contributed by atoms with Gasteiger partial charge in [0.1, 0.15) is 24.4 Å². The molecule has 0 saturated carbocycles. The number of guanidine groups is 1. The molecule has 0 aliphatic carbocycles. The molecule has 0 aliphatic rings. The molecule has 212 valence electrons. The molecule has 0 unspecified atom stereocenters.